The van der Waals surface area contributed by atoms with Crippen LogP contribution in [0.15, 0.2) is 48.5 Å². The maximum atomic E-state index is 11.8. The average Bonchev–Trinajstić information content (AvgIpc) is 2.66. The number of rotatable bonds is 6. The van der Waals surface area contributed by atoms with E-state index in [1.165, 1.54) is 0 Å². The van der Waals surface area contributed by atoms with E-state index < -0.39 is 12.1 Å². The topological polar surface area (TPSA) is 65.0 Å². The normalized spacial score (nSPS) is 17.1. The Kier molecular flexibility index (Phi) is 5.56. The minimum atomic E-state index is -1.18. The number of aliphatic hydroxyl groups excluding tert-OH is 1. The molecule has 0 aromatic heterocycles. The summed E-state index contributed by atoms with van der Waals surface area (Å²) in [6, 6.07) is 15.4. The molecule has 0 aliphatic carbocycles. The van der Waals surface area contributed by atoms with Crippen LogP contribution in [-0.2, 0) is 16.1 Å². The number of esters is 1. The molecule has 1 N–H and O–H groups in total. The van der Waals surface area contributed by atoms with Crippen molar-refractivity contribution in [2.75, 3.05) is 13.2 Å². The van der Waals surface area contributed by atoms with Crippen LogP contribution in [0.2, 0.25) is 0 Å². The van der Waals surface area contributed by atoms with E-state index in [2.05, 4.69) is 0 Å². The molecule has 25 heavy (non-hydrogen) atoms. The van der Waals surface area contributed by atoms with Crippen LogP contribution in [-0.4, -0.2) is 30.4 Å². The molecule has 2 aromatic rings. The summed E-state index contributed by atoms with van der Waals surface area (Å²) in [7, 11) is 0. The van der Waals surface area contributed by atoms with Crippen molar-refractivity contribution >= 4 is 5.97 Å². The first-order chi connectivity index (χ1) is 12.2. The lowest BCUT2D eigenvalue weighted by Gasteiger charge is -2.28. The molecule has 1 aliphatic rings. The monoisotopic (exact) mass is 342 g/mol. The smallest absolute Gasteiger partial charge is 0.335 e. The third kappa shape index (κ3) is 4.12. The Morgan fingerprint density at radius 3 is 2.84 bits per heavy atom. The van der Waals surface area contributed by atoms with Crippen molar-refractivity contribution in [3.8, 4) is 11.5 Å². The second-order valence-corrected chi connectivity index (χ2v) is 5.91. The van der Waals surface area contributed by atoms with Gasteiger partial charge in [0.2, 0.25) is 0 Å². The van der Waals surface area contributed by atoms with Gasteiger partial charge in [0.05, 0.1) is 13.2 Å². The lowest BCUT2D eigenvalue weighted by Crippen LogP contribution is -2.33. The van der Waals surface area contributed by atoms with Crippen molar-refractivity contribution in [2.24, 2.45) is 0 Å². The van der Waals surface area contributed by atoms with Gasteiger partial charge in [0.25, 0.3) is 0 Å². The van der Waals surface area contributed by atoms with Crippen LogP contribution in [0, 0.1) is 0 Å². The number of carbonyl (C=O) groups is 1. The molecule has 0 bridgehead atoms. The van der Waals surface area contributed by atoms with Gasteiger partial charge in [0.1, 0.15) is 18.1 Å². The Bertz CT molecular complexity index is 713. The molecule has 0 saturated carbocycles. The molecule has 0 amide bonds. The Hall–Kier alpha value is -2.53. The minimum Gasteiger partial charge on any atom is -0.493 e. The SMILES string of the molecule is CCOC(=O)C(O)[C@@H]1CCOc2cc(OCc3ccccc3)ccc21. The zero-order valence-electron chi connectivity index (χ0n) is 14.2. The summed E-state index contributed by atoms with van der Waals surface area (Å²) >= 11 is 0. The van der Waals surface area contributed by atoms with Crippen LogP contribution < -0.4 is 9.47 Å². The molecule has 5 nitrogen and oxygen atoms in total. The Morgan fingerprint density at radius 1 is 1.28 bits per heavy atom. The lowest BCUT2D eigenvalue weighted by atomic mass is 9.88. The molecule has 2 aromatic carbocycles. The molecule has 0 fully saturated rings. The van der Waals surface area contributed by atoms with Crippen LogP contribution >= 0.6 is 0 Å². The van der Waals surface area contributed by atoms with Gasteiger partial charge in [0.15, 0.2) is 6.10 Å². The fourth-order valence-electron chi connectivity index (χ4n) is 2.95. The van der Waals surface area contributed by atoms with Gasteiger partial charge in [-0.3, -0.25) is 0 Å². The van der Waals surface area contributed by atoms with Crippen molar-refractivity contribution in [3.05, 3.63) is 59.7 Å². The summed E-state index contributed by atoms with van der Waals surface area (Å²) in [5.74, 6) is 0.412. The number of aliphatic hydroxyl groups is 1. The number of hydrogen-bond acceptors (Lipinski definition) is 5. The van der Waals surface area contributed by atoms with Crippen LogP contribution in [0.3, 0.4) is 0 Å². The van der Waals surface area contributed by atoms with E-state index >= 15 is 0 Å². The van der Waals surface area contributed by atoms with E-state index in [0.717, 1.165) is 11.1 Å². The minimum absolute atomic E-state index is 0.248. The first-order valence-electron chi connectivity index (χ1n) is 8.47. The fourth-order valence-corrected chi connectivity index (χ4v) is 2.95. The molecule has 1 unspecified atom stereocenters. The molecule has 1 heterocycles. The highest BCUT2D eigenvalue weighted by Crippen LogP contribution is 2.38. The largest absolute Gasteiger partial charge is 0.493 e. The van der Waals surface area contributed by atoms with Crippen LogP contribution in [0.5, 0.6) is 11.5 Å². The van der Waals surface area contributed by atoms with Gasteiger partial charge >= 0.3 is 5.97 Å². The average molecular weight is 342 g/mol. The Balaban J connectivity index is 1.72. The third-order valence-electron chi connectivity index (χ3n) is 4.23. The van der Waals surface area contributed by atoms with Crippen LogP contribution in [0.4, 0.5) is 0 Å². The van der Waals surface area contributed by atoms with Crippen LogP contribution in [0.1, 0.15) is 30.4 Å². The second-order valence-electron chi connectivity index (χ2n) is 5.91. The molecule has 2 atom stereocenters. The molecule has 0 saturated heterocycles. The zero-order valence-corrected chi connectivity index (χ0v) is 14.2. The highest BCUT2D eigenvalue weighted by molar-refractivity contribution is 5.76. The van der Waals surface area contributed by atoms with Gasteiger partial charge in [-0.1, -0.05) is 36.4 Å². The summed E-state index contributed by atoms with van der Waals surface area (Å²) in [6.45, 7) is 2.88. The summed E-state index contributed by atoms with van der Waals surface area (Å²) in [6.07, 6.45) is -0.615. The maximum absolute atomic E-state index is 11.8. The first kappa shape index (κ1) is 17.3. The number of benzene rings is 2. The summed E-state index contributed by atoms with van der Waals surface area (Å²) < 4.78 is 16.4. The van der Waals surface area contributed by atoms with Gasteiger partial charge in [-0.15, -0.1) is 0 Å². The molecule has 0 spiro atoms. The van der Waals surface area contributed by atoms with Gasteiger partial charge < -0.3 is 19.3 Å². The fraction of sp³-hybridized carbons (Fsp3) is 0.350. The molecule has 3 rings (SSSR count). The van der Waals surface area contributed by atoms with Crippen molar-refractivity contribution in [2.45, 2.75) is 32.0 Å². The summed E-state index contributed by atoms with van der Waals surface area (Å²) in [5.41, 5.74) is 1.88. The van der Waals surface area contributed by atoms with E-state index in [0.29, 0.717) is 31.1 Å². The standard InChI is InChI=1S/C20H22O5/c1-2-23-20(22)19(21)17-10-11-24-18-12-15(8-9-16(17)18)25-13-14-6-4-3-5-7-14/h3-9,12,17,19,21H,2,10-11,13H2,1H3/t17-,19?/m1/s1. The number of fused-ring (bicyclic) bond motifs is 1. The van der Waals surface area contributed by atoms with E-state index in [9.17, 15) is 9.90 Å². The lowest BCUT2D eigenvalue weighted by molar-refractivity contribution is -0.154. The highest BCUT2D eigenvalue weighted by atomic mass is 16.5. The second kappa shape index (κ2) is 8.03. The van der Waals surface area contributed by atoms with Crippen molar-refractivity contribution in [1.29, 1.82) is 0 Å². The molecule has 1 aliphatic heterocycles. The third-order valence-corrected chi connectivity index (χ3v) is 4.23. The first-order valence-corrected chi connectivity index (χ1v) is 8.47. The van der Waals surface area contributed by atoms with Crippen molar-refractivity contribution in [1.82, 2.24) is 0 Å². The van der Waals surface area contributed by atoms with Crippen molar-refractivity contribution < 1.29 is 24.1 Å². The molecular formula is C20H22O5. The van der Waals surface area contributed by atoms with E-state index in [1.54, 1.807) is 6.92 Å². The summed E-state index contributed by atoms with van der Waals surface area (Å²) in [4.78, 5) is 11.8. The van der Waals surface area contributed by atoms with Gasteiger partial charge in [-0.05, 0) is 25.0 Å². The molecular weight excluding hydrogens is 320 g/mol. The van der Waals surface area contributed by atoms with Gasteiger partial charge in [-0.2, -0.15) is 0 Å². The number of ether oxygens (including phenoxy) is 3. The predicted octanol–water partition coefficient (Wildman–Crippen LogP) is 3.06. The molecule has 132 valence electrons. The van der Waals surface area contributed by atoms with Crippen LogP contribution in [0.25, 0.3) is 0 Å². The molecule has 0 radical (unpaired) electrons. The van der Waals surface area contributed by atoms with E-state index in [1.807, 2.05) is 48.5 Å². The van der Waals surface area contributed by atoms with Gasteiger partial charge in [0, 0.05) is 17.5 Å². The summed E-state index contributed by atoms with van der Waals surface area (Å²) in [5, 5.41) is 10.3. The Labute approximate surface area is 147 Å². The predicted molar refractivity (Wildman–Crippen MR) is 92.7 cm³/mol. The van der Waals surface area contributed by atoms with E-state index in [4.69, 9.17) is 14.2 Å². The van der Waals surface area contributed by atoms with Gasteiger partial charge in [-0.25, -0.2) is 4.79 Å². The zero-order chi connectivity index (χ0) is 17.6. The molecule has 5 heteroatoms. The highest BCUT2D eigenvalue weighted by Gasteiger charge is 2.33. The number of hydrogen-bond donors (Lipinski definition) is 1. The maximum Gasteiger partial charge on any atom is 0.335 e. The van der Waals surface area contributed by atoms with E-state index in [-0.39, 0.29) is 12.5 Å². The quantitative estimate of drug-likeness (QED) is 0.818. The van der Waals surface area contributed by atoms with Crippen molar-refractivity contribution in [3.63, 3.8) is 0 Å². The number of carbonyl (C=O) groups excluding carboxylic acids is 1. The Morgan fingerprint density at radius 2 is 2.08 bits per heavy atom.